The van der Waals surface area contributed by atoms with Gasteiger partial charge < -0.3 is 10.6 Å². The van der Waals surface area contributed by atoms with Crippen LogP contribution in [0.15, 0.2) is 97.1 Å². The third kappa shape index (κ3) is 4.60. The molecule has 2 aromatic heterocycles. The molecule has 0 saturated heterocycles. The molecule has 2 heterocycles. The molecule has 6 aromatic rings. The van der Waals surface area contributed by atoms with Crippen LogP contribution < -0.4 is 10.6 Å². The maximum absolute atomic E-state index is 11.2. The standard InChI is InChI=1S/C26H20N10O4/c37-35(38)19-13-9-17(10-14-19)27-25(33-23-7-3-1-5-21(23)29-31-33)26(28-18-11-15-20(16-12-18)36(39)40)34-24-8-4-2-6-22(24)30-32-34/h1-16,25-28H. The van der Waals surface area contributed by atoms with Crippen LogP contribution in [-0.4, -0.2) is 39.8 Å². The molecule has 6 rings (SSSR count). The second-order valence-electron chi connectivity index (χ2n) is 8.83. The molecule has 14 nitrogen and oxygen atoms in total. The number of benzene rings is 4. The van der Waals surface area contributed by atoms with E-state index in [1.54, 1.807) is 33.6 Å². The van der Waals surface area contributed by atoms with Gasteiger partial charge >= 0.3 is 0 Å². The Morgan fingerprint density at radius 2 is 0.950 bits per heavy atom. The average molecular weight is 537 g/mol. The van der Waals surface area contributed by atoms with Crippen molar-refractivity contribution in [2.24, 2.45) is 0 Å². The molecule has 0 bridgehead atoms. The van der Waals surface area contributed by atoms with Crippen molar-refractivity contribution in [1.82, 2.24) is 30.0 Å². The average Bonchev–Trinajstić information content (AvgIpc) is 3.60. The number of nitrogens with zero attached hydrogens (tertiary/aromatic N) is 8. The number of nitro groups is 2. The summed E-state index contributed by atoms with van der Waals surface area (Å²) in [6.07, 6.45) is -1.43. The van der Waals surface area contributed by atoms with Crippen LogP contribution >= 0.6 is 0 Å². The Balaban J connectivity index is 1.50. The number of para-hydroxylation sites is 2. The van der Waals surface area contributed by atoms with E-state index in [9.17, 15) is 20.2 Å². The lowest BCUT2D eigenvalue weighted by molar-refractivity contribution is -0.385. The van der Waals surface area contributed by atoms with E-state index in [1.807, 2.05) is 48.5 Å². The molecule has 0 radical (unpaired) electrons. The van der Waals surface area contributed by atoms with Crippen molar-refractivity contribution in [1.29, 1.82) is 0 Å². The predicted molar refractivity (Wildman–Crippen MR) is 147 cm³/mol. The molecule has 0 fully saturated rings. The summed E-state index contributed by atoms with van der Waals surface area (Å²) in [5.74, 6) is 0. The van der Waals surface area contributed by atoms with E-state index in [4.69, 9.17) is 0 Å². The van der Waals surface area contributed by atoms with Crippen molar-refractivity contribution in [3.05, 3.63) is 117 Å². The Labute approximate surface area is 225 Å². The van der Waals surface area contributed by atoms with E-state index in [-0.39, 0.29) is 11.4 Å². The number of hydrogen-bond acceptors (Lipinski definition) is 10. The Bertz CT molecular complexity index is 1700. The fourth-order valence-corrected chi connectivity index (χ4v) is 4.43. The van der Waals surface area contributed by atoms with E-state index < -0.39 is 22.2 Å². The number of nitrogens with one attached hydrogen (secondary N) is 2. The molecule has 0 aliphatic rings. The van der Waals surface area contributed by atoms with Gasteiger partial charge in [0.2, 0.25) is 0 Å². The number of rotatable bonds is 9. The third-order valence-electron chi connectivity index (χ3n) is 6.37. The van der Waals surface area contributed by atoms with Gasteiger partial charge in [0.25, 0.3) is 11.4 Å². The van der Waals surface area contributed by atoms with Gasteiger partial charge in [0, 0.05) is 35.6 Å². The molecule has 0 saturated carbocycles. The Morgan fingerprint density at radius 3 is 1.32 bits per heavy atom. The van der Waals surface area contributed by atoms with Gasteiger partial charge in [-0.1, -0.05) is 34.7 Å². The summed E-state index contributed by atoms with van der Waals surface area (Å²) in [6, 6.07) is 26.9. The highest BCUT2D eigenvalue weighted by atomic mass is 16.6. The molecular weight excluding hydrogens is 516 g/mol. The minimum Gasteiger partial charge on any atom is -0.360 e. The van der Waals surface area contributed by atoms with Crippen LogP contribution in [0.2, 0.25) is 0 Å². The molecule has 0 aliphatic heterocycles. The zero-order chi connectivity index (χ0) is 27.6. The number of nitro benzene ring substituents is 2. The third-order valence-corrected chi connectivity index (χ3v) is 6.37. The first kappa shape index (κ1) is 24.4. The van der Waals surface area contributed by atoms with Crippen molar-refractivity contribution < 1.29 is 9.85 Å². The SMILES string of the molecule is O=[N+]([O-])c1ccc(NC(C(Nc2ccc([N+](=O)[O-])cc2)n2nnc3ccccc32)n2nnc3ccccc32)cc1. The van der Waals surface area contributed by atoms with Crippen LogP contribution in [0.3, 0.4) is 0 Å². The molecule has 0 spiro atoms. The maximum Gasteiger partial charge on any atom is 0.269 e. The largest absolute Gasteiger partial charge is 0.360 e. The quantitative estimate of drug-likeness (QED) is 0.191. The van der Waals surface area contributed by atoms with Crippen LogP contribution in [0.1, 0.15) is 12.3 Å². The van der Waals surface area contributed by atoms with E-state index in [0.29, 0.717) is 22.4 Å². The van der Waals surface area contributed by atoms with E-state index in [2.05, 4.69) is 31.3 Å². The maximum atomic E-state index is 11.2. The Morgan fingerprint density at radius 1 is 0.575 bits per heavy atom. The van der Waals surface area contributed by atoms with Gasteiger partial charge in [-0.2, -0.15) is 0 Å². The summed E-state index contributed by atoms with van der Waals surface area (Å²) in [7, 11) is 0. The smallest absolute Gasteiger partial charge is 0.269 e. The van der Waals surface area contributed by atoms with Crippen molar-refractivity contribution >= 4 is 44.8 Å². The molecular formula is C26H20N10O4. The number of fused-ring (bicyclic) bond motifs is 2. The number of aromatic nitrogens is 6. The summed E-state index contributed by atoms with van der Waals surface area (Å²) < 4.78 is 3.38. The van der Waals surface area contributed by atoms with Crippen LogP contribution in [0, 0.1) is 20.2 Å². The first-order valence-electron chi connectivity index (χ1n) is 12.1. The van der Waals surface area contributed by atoms with Gasteiger partial charge in [-0.3, -0.25) is 20.2 Å². The fourth-order valence-electron chi connectivity index (χ4n) is 4.43. The minimum absolute atomic E-state index is 0.0452. The van der Waals surface area contributed by atoms with Crippen molar-refractivity contribution in [2.75, 3.05) is 10.6 Å². The van der Waals surface area contributed by atoms with Crippen LogP contribution in [0.5, 0.6) is 0 Å². The first-order chi connectivity index (χ1) is 19.5. The number of hydrogen-bond donors (Lipinski definition) is 2. The van der Waals surface area contributed by atoms with Crippen LogP contribution in [0.25, 0.3) is 22.1 Å². The predicted octanol–water partition coefficient (Wildman–Crippen LogP) is 4.91. The summed E-state index contributed by atoms with van der Waals surface area (Å²) in [5.41, 5.74) is 3.84. The highest BCUT2D eigenvalue weighted by Crippen LogP contribution is 2.32. The van der Waals surface area contributed by atoms with Crippen LogP contribution in [0.4, 0.5) is 22.7 Å². The topological polar surface area (TPSA) is 172 Å². The van der Waals surface area contributed by atoms with Gasteiger partial charge in [-0.15, -0.1) is 10.2 Å². The fraction of sp³-hybridized carbons (Fsp3) is 0.0769. The van der Waals surface area contributed by atoms with E-state index in [1.165, 1.54) is 24.3 Å². The molecule has 2 unspecified atom stereocenters. The molecule has 40 heavy (non-hydrogen) atoms. The number of anilines is 2. The summed E-state index contributed by atoms with van der Waals surface area (Å²) in [4.78, 5) is 21.5. The summed E-state index contributed by atoms with van der Waals surface area (Å²) in [5, 5.41) is 46.8. The van der Waals surface area contributed by atoms with Gasteiger partial charge in [-0.05, 0) is 48.5 Å². The monoisotopic (exact) mass is 536 g/mol. The highest BCUT2D eigenvalue weighted by Gasteiger charge is 2.30. The van der Waals surface area contributed by atoms with Gasteiger partial charge in [0.15, 0.2) is 12.3 Å². The lowest BCUT2D eigenvalue weighted by Crippen LogP contribution is -2.35. The summed E-state index contributed by atoms with van der Waals surface area (Å²) in [6.45, 7) is 0. The molecule has 198 valence electrons. The molecule has 4 aromatic carbocycles. The highest BCUT2D eigenvalue weighted by molar-refractivity contribution is 5.75. The van der Waals surface area contributed by atoms with Gasteiger partial charge in [0.05, 0.1) is 20.9 Å². The van der Waals surface area contributed by atoms with Crippen LogP contribution in [-0.2, 0) is 0 Å². The lowest BCUT2D eigenvalue weighted by atomic mass is 10.2. The van der Waals surface area contributed by atoms with Gasteiger partial charge in [0.1, 0.15) is 11.0 Å². The second kappa shape index (κ2) is 10.1. The molecule has 0 aliphatic carbocycles. The normalized spacial score (nSPS) is 12.7. The van der Waals surface area contributed by atoms with Crippen molar-refractivity contribution in [3.63, 3.8) is 0 Å². The second-order valence-corrected chi connectivity index (χ2v) is 8.83. The zero-order valence-corrected chi connectivity index (χ0v) is 20.6. The zero-order valence-electron chi connectivity index (χ0n) is 20.6. The Hall–Kier alpha value is -5.92. The lowest BCUT2D eigenvalue weighted by Gasteiger charge is -2.31. The van der Waals surface area contributed by atoms with Gasteiger partial charge in [-0.25, -0.2) is 9.36 Å². The molecule has 0 amide bonds. The molecule has 2 atom stereocenters. The van der Waals surface area contributed by atoms with E-state index >= 15 is 0 Å². The first-order valence-corrected chi connectivity index (χ1v) is 12.1. The Kier molecular flexibility index (Phi) is 6.16. The number of non-ortho nitro benzene ring substituents is 2. The van der Waals surface area contributed by atoms with Crippen molar-refractivity contribution in [3.8, 4) is 0 Å². The minimum atomic E-state index is -0.714. The summed E-state index contributed by atoms with van der Waals surface area (Å²) >= 11 is 0. The molecule has 14 heteroatoms. The van der Waals surface area contributed by atoms with E-state index in [0.717, 1.165) is 11.0 Å². The van der Waals surface area contributed by atoms with Crippen molar-refractivity contribution in [2.45, 2.75) is 12.3 Å². The molecule has 2 N–H and O–H groups in total.